The van der Waals surface area contributed by atoms with E-state index in [4.69, 9.17) is 4.74 Å². The Hall–Kier alpha value is -1.60. The first-order valence-electron chi connectivity index (χ1n) is 8.98. The maximum Gasteiger partial charge on any atom is 0.317 e. The fourth-order valence-electron chi connectivity index (χ4n) is 3.67. The van der Waals surface area contributed by atoms with Gasteiger partial charge in [0.15, 0.2) is 0 Å². The molecule has 0 bridgehead atoms. The molecule has 2 aliphatic rings. The highest BCUT2D eigenvalue weighted by Gasteiger charge is 2.31. The normalized spacial score (nSPS) is 23.4. The lowest BCUT2D eigenvalue weighted by Gasteiger charge is -2.44. The van der Waals surface area contributed by atoms with Gasteiger partial charge in [-0.3, -0.25) is 9.58 Å². The summed E-state index contributed by atoms with van der Waals surface area (Å²) >= 11 is 0. The number of aromatic nitrogens is 2. The summed E-state index contributed by atoms with van der Waals surface area (Å²) in [6.07, 6.45) is 4.92. The number of piperazine rings is 1. The van der Waals surface area contributed by atoms with Gasteiger partial charge in [-0.2, -0.15) is 5.10 Å². The molecule has 0 aliphatic carbocycles. The van der Waals surface area contributed by atoms with E-state index in [1.54, 1.807) is 4.68 Å². The minimum Gasteiger partial charge on any atom is -0.381 e. The predicted molar refractivity (Wildman–Crippen MR) is 91.9 cm³/mol. The number of nitrogens with zero attached hydrogens (tertiary/aromatic N) is 4. The summed E-state index contributed by atoms with van der Waals surface area (Å²) in [6.45, 7) is 7.22. The average molecular weight is 335 g/mol. The van der Waals surface area contributed by atoms with Crippen LogP contribution < -0.4 is 5.32 Å². The lowest BCUT2D eigenvalue weighted by atomic mass is 10.0. The van der Waals surface area contributed by atoms with Crippen LogP contribution in [-0.2, 0) is 18.2 Å². The third-order valence-corrected chi connectivity index (χ3v) is 5.05. The predicted octanol–water partition coefficient (Wildman–Crippen LogP) is 0.857. The van der Waals surface area contributed by atoms with Gasteiger partial charge in [0.2, 0.25) is 0 Å². The van der Waals surface area contributed by atoms with E-state index in [9.17, 15) is 4.79 Å². The molecule has 2 aliphatic heterocycles. The quantitative estimate of drug-likeness (QED) is 0.886. The van der Waals surface area contributed by atoms with E-state index in [1.807, 2.05) is 24.2 Å². The second kappa shape index (κ2) is 7.98. The third-order valence-electron chi connectivity index (χ3n) is 5.05. The van der Waals surface area contributed by atoms with Crippen molar-refractivity contribution in [1.82, 2.24) is 24.9 Å². The van der Waals surface area contributed by atoms with Gasteiger partial charge in [0.25, 0.3) is 0 Å². The summed E-state index contributed by atoms with van der Waals surface area (Å²) in [6, 6.07) is 2.90. The molecule has 2 amide bonds. The molecule has 0 radical (unpaired) electrons. The Labute approximate surface area is 143 Å². The van der Waals surface area contributed by atoms with Crippen molar-refractivity contribution in [3.63, 3.8) is 0 Å². The van der Waals surface area contributed by atoms with Gasteiger partial charge in [0.05, 0.1) is 5.69 Å². The Morgan fingerprint density at radius 3 is 2.83 bits per heavy atom. The highest BCUT2D eigenvalue weighted by Crippen LogP contribution is 2.19. The molecule has 3 heterocycles. The van der Waals surface area contributed by atoms with Crippen molar-refractivity contribution < 1.29 is 9.53 Å². The SMILES string of the molecule is C[C@H]1CN(C2CCOCC2)CCN1C(=O)NCCc1ccn(C)n1. The van der Waals surface area contributed by atoms with E-state index >= 15 is 0 Å². The first kappa shape index (κ1) is 17.2. The van der Waals surface area contributed by atoms with Crippen molar-refractivity contribution in [3.8, 4) is 0 Å². The average Bonchev–Trinajstić information content (AvgIpc) is 3.00. The number of ether oxygens (including phenoxy) is 1. The van der Waals surface area contributed by atoms with Crippen molar-refractivity contribution in [2.75, 3.05) is 39.4 Å². The van der Waals surface area contributed by atoms with Crippen LogP contribution in [0, 0.1) is 0 Å². The summed E-state index contributed by atoms with van der Waals surface area (Å²) in [5, 5.41) is 7.37. The van der Waals surface area contributed by atoms with Gasteiger partial charge >= 0.3 is 6.03 Å². The van der Waals surface area contributed by atoms with Crippen LogP contribution in [0.4, 0.5) is 4.79 Å². The Morgan fingerprint density at radius 2 is 2.17 bits per heavy atom. The van der Waals surface area contributed by atoms with Crippen LogP contribution in [0.1, 0.15) is 25.5 Å². The summed E-state index contributed by atoms with van der Waals surface area (Å²) in [7, 11) is 1.90. The van der Waals surface area contributed by atoms with Crippen molar-refractivity contribution in [1.29, 1.82) is 0 Å². The number of nitrogens with one attached hydrogen (secondary N) is 1. The van der Waals surface area contributed by atoms with E-state index in [0.717, 1.165) is 57.8 Å². The molecule has 3 rings (SSSR count). The fourth-order valence-corrected chi connectivity index (χ4v) is 3.67. The van der Waals surface area contributed by atoms with Crippen LogP contribution in [0.25, 0.3) is 0 Å². The minimum absolute atomic E-state index is 0.0464. The molecule has 7 nitrogen and oxygen atoms in total. The largest absolute Gasteiger partial charge is 0.381 e. The summed E-state index contributed by atoms with van der Waals surface area (Å²) in [5.74, 6) is 0. The molecule has 2 fully saturated rings. The highest BCUT2D eigenvalue weighted by atomic mass is 16.5. The second-order valence-electron chi connectivity index (χ2n) is 6.84. The van der Waals surface area contributed by atoms with E-state index in [0.29, 0.717) is 12.6 Å². The molecule has 0 unspecified atom stereocenters. The lowest BCUT2D eigenvalue weighted by Crippen LogP contribution is -2.59. The van der Waals surface area contributed by atoms with E-state index in [-0.39, 0.29) is 12.1 Å². The molecule has 1 aromatic heterocycles. The zero-order valence-electron chi connectivity index (χ0n) is 14.8. The second-order valence-corrected chi connectivity index (χ2v) is 6.84. The number of hydrogen-bond acceptors (Lipinski definition) is 4. The van der Waals surface area contributed by atoms with Gasteiger partial charge < -0.3 is 15.0 Å². The number of aryl methyl sites for hydroxylation is 1. The number of amides is 2. The molecule has 1 atom stereocenters. The maximum atomic E-state index is 12.4. The Bertz CT molecular complexity index is 541. The molecule has 1 aromatic rings. The maximum absolute atomic E-state index is 12.4. The number of urea groups is 1. The Balaban J connectivity index is 1.42. The van der Waals surface area contributed by atoms with Crippen LogP contribution in [-0.4, -0.2) is 77.1 Å². The van der Waals surface area contributed by atoms with Crippen LogP contribution in [0.3, 0.4) is 0 Å². The van der Waals surface area contributed by atoms with Gasteiger partial charge in [0.1, 0.15) is 0 Å². The minimum atomic E-state index is 0.0464. The first-order valence-corrected chi connectivity index (χ1v) is 8.98. The fraction of sp³-hybridized carbons (Fsp3) is 0.765. The summed E-state index contributed by atoms with van der Waals surface area (Å²) in [5.41, 5.74) is 1.01. The zero-order valence-corrected chi connectivity index (χ0v) is 14.8. The number of rotatable bonds is 4. The zero-order chi connectivity index (χ0) is 16.9. The van der Waals surface area contributed by atoms with Gasteiger partial charge in [-0.05, 0) is 25.8 Å². The monoisotopic (exact) mass is 335 g/mol. The van der Waals surface area contributed by atoms with Crippen molar-refractivity contribution in [2.24, 2.45) is 7.05 Å². The molecule has 7 heteroatoms. The van der Waals surface area contributed by atoms with Crippen LogP contribution in [0.5, 0.6) is 0 Å². The summed E-state index contributed by atoms with van der Waals surface area (Å²) in [4.78, 5) is 16.9. The topological polar surface area (TPSA) is 62.6 Å². The molecule has 2 saturated heterocycles. The summed E-state index contributed by atoms with van der Waals surface area (Å²) < 4.78 is 7.24. The van der Waals surface area contributed by atoms with Crippen molar-refractivity contribution in [2.45, 2.75) is 38.3 Å². The van der Waals surface area contributed by atoms with Crippen LogP contribution in [0.2, 0.25) is 0 Å². The lowest BCUT2D eigenvalue weighted by molar-refractivity contribution is 0.00704. The first-order chi connectivity index (χ1) is 11.6. The Kier molecular flexibility index (Phi) is 5.73. The van der Waals surface area contributed by atoms with Crippen molar-refractivity contribution in [3.05, 3.63) is 18.0 Å². The third kappa shape index (κ3) is 4.27. The molecule has 134 valence electrons. The molecule has 0 spiro atoms. The number of carbonyl (C=O) groups excluding carboxylic acids is 1. The van der Waals surface area contributed by atoms with Crippen LogP contribution in [0.15, 0.2) is 12.3 Å². The number of hydrogen-bond donors (Lipinski definition) is 1. The van der Waals surface area contributed by atoms with Gasteiger partial charge in [-0.25, -0.2) is 4.79 Å². The van der Waals surface area contributed by atoms with Crippen LogP contribution >= 0.6 is 0 Å². The van der Waals surface area contributed by atoms with E-state index in [1.165, 1.54) is 0 Å². The van der Waals surface area contributed by atoms with Gasteiger partial charge in [-0.1, -0.05) is 0 Å². The molecule has 24 heavy (non-hydrogen) atoms. The molecule has 1 N–H and O–H groups in total. The molecular formula is C17H29N5O2. The Morgan fingerprint density at radius 1 is 1.38 bits per heavy atom. The van der Waals surface area contributed by atoms with E-state index in [2.05, 4.69) is 22.2 Å². The number of carbonyl (C=O) groups is 1. The molecule has 0 saturated carbocycles. The molecule has 0 aromatic carbocycles. The standard InChI is InChI=1S/C17H29N5O2/c1-14-13-21(16-5-11-24-12-6-16)9-10-22(14)17(23)18-7-3-15-4-8-20(2)19-15/h4,8,14,16H,3,5-7,9-13H2,1-2H3,(H,18,23)/t14-/m0/s1. The molecular weight excluding hydrogens is 306 g/mol. The highest BCUT2D eigenvalue weighted by molar-refractivity contribution is 5.74. The smallest absolute Gasteiger partial charge is 0.317 e. The van der Waals surface area contributed by atoms with Crippen molar-refractivity contribution >= 4 is 6.03 Å². The van der Waals surface area contributed by atoms with Gasteiger partial charge in [-0.15, -0.1) is 0 Å². The van der Waals surface area contributed by atoms with E-state index < -0.39 is 0 Å². The van der Waals surface area contributed by atoms with Gasteiger partial charge in [0, 0.05) is 71.1 Å².